The van der Waals surface area contributed by atoms with Gasteiger partial charge in [-0.2, -0.15) is 0 Å². The molecule has 0 radical (unpaired) electrons. The first kappa shape index (κ1) is 20.2. The zero-order chi connectivity index (χ0) is 22.6. The molecule has 5 aliphatic heterocycles. The lowest BCUT2D eigenvalue weighted by molar-refractivity contribution is -0.132. The second-order valence-electron chi connectivity index (χ2n) is 7.40. The summed E-state index contributed by atoms with van der Waals surface area (Å²) in [6.07, 6.45) is 20.0. The molecule has 6 rings (SSSR count). The van der Waals surface area contributed by atoms with Crippen LogP contribution < -0.4 is 0 Å². The Morgan fingerprint density at radius 3 is 1.39 bits per heavy atom. The Bertz CT molecular complexity index is 1380. The predicted octanol–water partition coefficient (Wildman–Crippen LogP) is 4.72. The monoisotopic (exact) mass is 430 g/mol. The molecule has 0 unspecified atom stereocenters. The minimum absolute atomic E-state index is 0.138. The van der Waals surface area contributed by atoms with Gasteiger partial charge in [-0.15, -0.1) is 0 Å². The lowest BCUT2D eigenvalue weighted by atomic mass is 10.1. The van der Waals surface area contributed by atoms with E-state index >= 15 is 0 Å². The smallest absolute Gasteiger partial charge is 0.337 e. The molecule has 0 aliphatic carbocycles. The highest BCUT2D eigenvalue weighted by Gasteiger charge is 2.21. The average Bonchev–Trinajstić information content (AvgIpc) is 3.60. The lowest BCUT2D eigenvalue weighted by Gasteiger charge is -1.97. The Balaban J connectivity index is 0.000000332. The molecule has 0 saturated carbocycles. The summed E-state index contributed by atoms with van der Waals surface area (Å²) < 4.78 is 0. The van der Waals surface area contributed by atoms with Crippen molar-refractivity contribution >= 4 is 28.8 Å². The van der Waals surface area contributed by atoms with Gasteiger partial charge in [0.05, 0.1) is 51.2 Å². The van der Waals surface area contributed by atoms with Crippen molar-refractivity contribution in [3.8, 4) is 0 Å². The van der Waals surface area contributed by atoms with Crippen molar-refractivity contribution in [1.82, 2.24) is 0 Å². The highest BCUT2D eigenvalue weighted by Crippen LogP contribution is 2.24. The fourth-order valence-electron chi connectivity index (χ4n) is 3.45. The SMILES string of the molecule is O=C(O)C1=CC2=NC1=CC1=NC(=CC3=NC(=CC4=NC(=C2)C=C4)C=C3)C=C1.c1ccccc1. The zero-order valence-corrected chi connectivity index (χ0v) is 17.5. The normalized spacial score (nSPS) is 19.2. The summed E-state index contributed by atoms with van der Waals surface area (Å²) in [6, 6.07) is 12.0. The number of carboxylic acid groups (broad SMARTS) is 1. The third kappa shape index (κ3) is 4.80. The zero-order valence-electron chi connectivity index (χ0n) is 17.5. The van der Waals surface area contributed by atoms with Gasteiger partial charge < -0.3 is 5.11 Å². The Kier molecular flexibility index (Phi) is 5.39. The summed E-state index contributed by atoms with van der Waals surface area (Å²) in [5.41, 5.74) is 5.56. The molecule has 0 fully saturated rings. The second kappa shape index (κ2) is 8.80. The molecule has 5 heterocycles. The number of rotatable bonds is 1. The second-order valence-corrected chi connectivity index (χ2v) is 7.40. The Morgan fingerprint density at radius 1 is 0.515 bits per heavy atom. The molecule has 8 bridgehead atoms. The number of allylic oxidation sites excluding steroid dienone is 11. The van der Waals surface area contributed by atoms with Crippen LogP contribution in [0.4, 0.5) is 0 Å². The van der Waals surface area contributed by atoms with Crippen molar-refractivity contribution in [3.05, 3.63) is 132 Å². The first-order valence-corrected chi connectivity index (χ1v) is 10.3. The fraction of sp³-hybridized carbons (Fsp3) is 0. The van der Waals surface area contributed by atoms with E-state index < -0.39 is 5.97 Å². The summed E-state index contributed by atoms with van der Waals surface area (Å²) in [5, 5.41) is 9.49. The maximum Gasteiger partial charge on any atom is 0.337 e. The van der Waals surface area contributed by atoms with Crippen molar-refractivity contribution in [3.63, 3.8) is 0 Å². The Morgan fingerprint density at radius 2 is 0.939 bits per heavy atom. The van der Waals surface area contributed by atoms with Crippen LogP contribution in [0.2, 0.25) is 0 Å². The molecule has 1 N–H and O–H groups in total. The molecule has 1 aromatic carbocycles. The highest BCUT2D eigenvalue weighted by atomic mass is 16.4. The van der Waals surface area contributed by atoms with E-state index in [9.17, 15) is 9.90 Å². The molecule has 0 atom stereocenters. The minimum Gasteiger partial charge on any atom is -0.478 e. The lowest BCUT2D eigenvalue weighted by Crippen LogP contribution is -2.01. The van der Waals surface area contributed by atoms with Crippen molar-refractivity contribution in [2.75, 3.05) is 0 Å². The van der Waals surface area contributed by atoms with Crippen LogP contribution in [-0.4, -0.2) is 33.9 Å². The molecule has 0 aromatic heterocycles. The summed E-state index contributed by atoms with van der Waals surface area (Å²) in [5.74, 6) is -1.03. The highest BCUT2D eigenvalue weighted by molar-refractivity contribution is 6.18. The van der Waals surface area contributed by atoms with Gasteiger partial charge in [-0.25, -0.2) is 24.8 Å². The molecule has 33 heavy (non-hydrogen) atoms. The van der Waals surface area contributed by atoms with Crippen LogP contribution in [0.5, 0.6) is 0 Å². The van der Waals surface area contributed by atoms with Crippen LogP contribution in [-0.2, 0) is 4.79 Å². The maximum absolute atomic E-state index is 11.6. The predicted molar refractivity (Wildman–Crippen MR) is 132 cm³/mol. The van der Waals surface area contributed by atoms with Crippen LogP contribution in [0.3, 0.4) is 0 Å². The molecule has 6 heteroatoms. The van der Waals surface area contributed by atoms with E-state index in [0.717, 1.165) is 22.8 Å². The molecule has 5 aliphatic rings. The summed E-state index contributed by atoms with van der Waals surface area (Å²) in [6.45, 7) is 0. The minimum atomic E-state index is -1.03. The number of hydrogen-bond acceptors (Lipinski definition) is 5. The number of fused-ring (bicyclic) bond motifs is 4. The van der Waals surface area contributed by atoms with E-state index in [-0.39, 0.29) is 5.57 Å². The van der Waals surface area contributed by atoms with E-state index in [1.165, 1.54) is 0 Å². The molecule has 158 valence electrons. The van der Waals surface area contributed by atoms with E-state index in [1.807, 2.05) is 85.0 Å². The van der Waals surface area contributed by atoms with Gasteiger partial charge >= 0.3 is 5.97 Å². The van der Waals surface area contributed by atoms with Crippen molar-refractivity contribution in [2.24, 2.45) is 20.0 Å². The topological polar surface area (TPSA) is 86.7 Å². The van der Waals surface area contributed by atoms with Crippen LogP contribution in [0.1, 0.15) is 0 Å². The molecular formula is C27H18N4O2. The Labute approximate surface area is 190 Å². The third-order valence-corrected chi connectivity index (χ3v) is 4.94. The standard InChI is InChI=1S/C21H12N4O2.C6H6/c26-21(27)19-10-18-9-16-4-3-14(23-16)7-12-1-2-13(22-12)8-15-5-6-17(24-15)11-20(19)25-18;1-2-4-6-5-3-1/h1-11H,(H,26,27);1-6H. The number of carboxylic acids is 1. The number of nitrogens with zero attached hydrogens (tertiary/aromatic N) is 4. The van der Waals surface area contributed by atoms with E-state index in [0.29, 0.717) is 22.8 Å². The average molecular weight is 430 g/mol. The number of hydrogen-bond donors (Lipinski definition) is 1. The number of aliphatic imine (C=N–C) groups is 4. The number of aliphatic carboxylic acids is 1. The van der Waals surface area contributed by atoms with Gasteiger partial charge in [0.25, 0.3) is 0 Å². The molecule has 6 nitrogen and oxygen atoms in total. The van der Waals surface area contributed by atoms with Crippen molar-refractivity contribution < 1.29 is 9.90 Å². The van der Waals surface area contributed by atoms with Gasteiger partial charge in [-0.1, -0.05) is 36.4 Å². The van der Waals surface area contributed by atoms with Gasteiger partial charge in [0.1, 0.15) is 0 Å². The van der Waals surface area contributed by atoms with Crippen LogP contribution in [0.25, 0.3) is 0 Å². The van der Waals surface area contributed by atoms with Gasteiger partial charge in [-0.3, -0.25) is 0 Å². The quantitative estimate of drug-likeness (QED) is 0.699. The number of carbonyl (C=O) groups is 1. The summed E-state index contributed by atoms with van der Waals surface area (Å²) >= 11 is 0. The summed E-state index contributed by atoms with van der Waals surface area (Å²) in [7, 11) is 0. The number of benzene rings is 1. The van der Waals surface area contributed by atoms with Gasteiger partial charge in [0.2, 0.25) is 0 Å². The van der Waals surface area contributed by atoms with Gasteiger partial charge in [-0.05, 0) is 66.8 Å². The van der Waals surface area contributed by atoms with Gasteiger partial charge in [0, 0.05) is 0 Å². The largest absolute Gasteiger partial charge is 0.478 e. The van der Waals surface area contributed by atoms with E-state index in [2.05, 4.69) is 20.0 Å². The molecule has 0 spiro atoms. The van der Waals surface area contributed by atoms with Crippen LogP contribution in [0.15, 0.2) is 152 Å². The molecule has 1 aromatic rings. The van der Waals surface area contributed by atoms with Crippen molar-refractivity contribution in [2.45, 2.75) is 0 Å². The van der Waals surface area contributed by atoms with E-state index in [1.54, 1.807) is 18.2 Å². The maximum atomic E-state index is 11.6. The molecule has 0 saturated heterocycles. The van der Waals surface area contributed by atoms with Crippen molar-refractivity contribution in [1.29, 1.82) is 0 Å². The Hall–Kier alpha value is -4.71. The van der Waals surface area contributed by atoms with Crippen LogP contribution in [0, 0.1) is 0 Å². The van der Waals surface area contributed by atoms with Crippen LogP contribution >= 0.6 is 0 Å². The molecule has 0 amide bonds. The first-order chi connectivity index (χ1) is 16.1. The van der Waals surface area contributed by atoms with Gasteiger partial charge in [0.15, 0.2) is 0 Å². The third-order valence-electron chi connectivity index (χ3n) is 4.94. The fourth-order valence-corrected chi connectivity index (χ4v) is 3.45. The first-order valence-electron chi connectivity index (χ1n) is 10.3. The van der Waals surface area contributed by atoms with E-state index in [4.69, 9.17) is 0 Å². The molecular weight excluding hydrogens is 412 g/mol. The summed E-state index contributed by atoms with van der Waals surface area (Å²) in [4.78, 5) is 29.6.